The van der Waals surface area contributed by atoms with Crippen LogP contribution in [0.1, 0.15) is 38.2 Å². The van der Waals surface area contributed by atoms with Gasteiger partial charge in [0.15, 0.2) is 0 Å². The van der Waals surface area contributed by atoms with Crippen LogP contribution in [-0.2, 0) is 17.9 Å². The summed E-state index contributed by atoms with van der Waals surface area (Å²) in [6.07, 6.45) is 1.95. The van der Waals surface area contributed by atoms with Gasteiger partial charge in [0, 0.05) is 49.0 Å². The number of nitrogens with one attached hydrogen (secondary N) is 1. The Kier molecular flexibility index (Phi) is 6.37. The fourth-order valence-electron chi connectivity index (χ4n) is 4.83. The fraction of sp³-hybridized carbons (Fsp3) is 0.267. The summed E-state index contributed by atoms with van der Waals surface area (Å²) in [4.78, 5) is 26.4. The standard InChI is InChI=1S/C30H31N3O3/c1-19-4-11-28-26(12-19)27(18-33(28)15-23-6-5-20(2)21(3)13-23)29(34)31-25-9-7-22(8-10-25)14-32-16-24(17-32)30(35)36/h4-13,18,24H,14-17H2,1-3H3,(H,31,34)(H,35,36). The summed E-state index contributed by atoms with van der Waals surface area (Å²) in [7, 11) is 0. The molecule has 5 rings (SSSR count). The summed E-state index contributed by atoms with van der Waals surface area (Å²) in [6, 6.07) is 20.5. The van der Waals surface area contributed by atoms with Gasteiger partial charge < -0.3 is 15.0 Å². The average Bonchev–Trinajstić information content (AvgIpc) is 3.16. The first-order valence-corrected chi connectivity index (χ1v) is 12.3. The van der Waals surface area contributed by atoms with Crippen LogP contribution in [0.15, 0.2) is 66.9 Å². The number of benzene rings is 3. The second-order valence-electron chi connectivity index (χ2n) is 9.99. The van der Waals surface area contributed by atoms with E-state index < -0.39 is 5.97 Å². The molecule has 36 heavy (non-hydrogen) atoms. The van der Waals surface area contributed by atoms with Gasteiger partial charge >= 0.3 is 5.97 Å². The smallest absolute Gasteiger partial charge is 0.309 e. The zero-order chi connectivity index (χ0) is 25.4. The predicted molar refractivity (Wildman–Crippen MR) is 142 cm³/mol. The minimum absolute atomic E-state index is 0.135. The number of fused-ring (bicyclic) bond motifs is 1. The van der Waals surface area contributed by atoms with Crippen molar-refractivity contribution in [2.45, 2.75) is 33.9 Å². The summed E-state index contributed by atoms with van der Waals surface area (Å²) >= 11 is 0. The zero-order valence-electron chi connectivity index (χ0n) is 20.9. The van der Waals surface area contributed by atoms with Gasteiger partial charge in [0.05, 0.1) is 11.5 Å². The highest BCUT2D eigenvalue weighted by atomic mass is 16.4. The zero-order valence-corrected chi connectivity index (χ0v) is 20.9. The van der Waals surface area contributed by atoms with Crippen molar-refractivity contribution in [1.29, 1.82) is 0 Å². The van der Waals surface area contributed by atoms with Crippen molar-refractivity contribution in [2.75, 3.05) is 18.4 Å². The number of aryl methyl sites for hydroxylation is 3. The summed E-state index contributed by atoms with van der Waals surface area (Å²) in [6.45, 7) is 8.85. The van der Waals surface area contributed by atoms with Gasteiger partial charge in [-0.3, -0.25) is 14.5 Å². The Hall–Kier alpha value is -3.90. The first kappa shape index (κ1) is 23.8. The minimum Gasteiger partial charge on any atom is -0.481 e. The highest BCUT2D eigenvalue weighted by Gasteiger charge is 2.32. The van der Waals surface area contributed by atoms with E-state index in [1.165, 1.54) is 16.7 Å². The SMILES string of the molecule is Cc1ccc2c(c1)c(C(=O)Nc1ccc(CN3CC(C(=O)O)C3)cc1)cn2Cc1ccc(C)c(C)c1. The average molecular weight is 482 g/mol. The first-order chi connectivity index (χ1) is 17.3. The van der Waals surface area contributed by atoms with Crippen molar-refractivity contribution in [3.05, 3.63) is 100 Å². The van der Waals surface area contributed by atoms with Crippen LogP contribution in [0.2, 0.25) is 0 Å². The molecule has 1 aliphatic rings. The van der Waals surface area contributed by atoms with E-state index in [0.29, 0.717) is 31.7 Å². The van der Waals surface area contributed by atoms with Crippen LogP contribution in [-0.4, -0.2) is 39.5 Å². The van der Waals surface area contributed by atoms with Gasteiger partial charge in [-0.25, -0.2) is 0 Å². The Labute approximate surface area is 211 Å². The molecule has 0 bridgehead atoms. The van der Waals surface area contributed by atoms with E-state index in [-0.39, 0.29) is 11.8 Å². The molecule has 6 nitrogen and oxygen atoms in total. The summed E-state index contributed by atoms with van der Waals surface area (Å²) < 4.78 is 2.15. The second kappa shape index (κ2) is 9.63. The highest BCUT2D eigenvalue weighted by Crippen LogP contribution is 2.26. The van der Waals surface area contributed by atoms with Gasteiger partial charge in [-0.15, -0.1) is 0 Å². The maximum absolute atomic E-state index is 13.3. The third kappa shape index (κ3) is 4.90. The molecule has 0 unspecified atom stereocenters. The van der Waals surface area contributed by atoms with Crippen LogP contribution in [0.25, 0.3) is 10.9 Å². The lowest BCUT2D eigenvalue weighted by Gasteiger charge is -2.36. The lowest BCUT2D eigenvalue weighted by molar-refractivity contribution is -0.147. The molecule has 3 aromatic carbocycles. The van der Waals surface area contributed by atoms with Crippen molar-refractivity contribution in [3.63, 3.8) is 0 Å². The Morgan fingerprint density at radius 2 is 1.61 bits per heavy atom. The number of amides is 1. The van der Waals surface area contributed by atoms with Crippen molar-refractivity contribution < 1.29 is 14.7 Å². The Balaban J connectivity index is 1.33. The van der Waals surface area contributed by atoms with E-state index in [4.69, 9.17) is 5.11 Å². The van der Waals surface area contributed by atoms with E-state index in [1.807, 2.05) is 37.4 Å². The predicted octanol–water partition coefficient (Wildman–Crippen LogP) is 5.38. The van der Waals surface area contributed by atoms with E-state index in [2.05, 4.69) is 65.0 Å². The number of anilines is 1. The molecule has 0 spiro atoms. The third-order valence-electron chi connectivity index (χ3n) is 7.13. The van der Waals surface area contributed by atoms with E-state index >= 15 is 0 Å². The monoisotopic (exact) mass is 481 g/mol. The number of aromatic nitrogens is 1. The minimum atomic E-state index is -0.727. The van der Waals surface area contributed by atoms with Crippen molar-refractivity contribution in [3.8, 4) is 0 Å². The normalized spacial score (nSPS) is 14.1. The molecule has 0 radical (unpaired) electrons. The number of carboxylic acids is 1. The number of carbonyl (C=O) groups is 2. The Morgan fingerprint density at radius 1 is 0.889 bits per heavy atom. The van der Waals surface area contributed by atoms with Gasteiger partial charge in [0.2, 0.25) is 0 Å². The fourth-order valence-corrected chi connectivity index (χ4v) is 4.83. The van der Waals surface area contributed by atoms with Gasteiger partial charge in [-0.05, 0) is 67.3 Å². The maximum atomic E-state index is 13.3. The topological polar surface area (TPSA) is 74.6 Å². The summed E-state index contributed by atoms with van der Waals surface area (Å²) in [5, 5.41) is 13.0. The second-order valence-corrected chi connectivity index (χ2v) is 9.99. The number of rotatable bonds is 7. The quantitative estimate of drug-likeness (QED) is 0.372. The molecular weight excluding hydrogens is 450 g/mol. The van der Waals surface area contributed by atoms with E-state index in [1.54, 1.807) is 0 Å². The summed E-state index contributed by atoms with van der Waals surface area (Å²) in [5.74, 6) is -1.12. The molecule has 1 fully saturated rings. The Bertz CT molecular complexity index is 1450. The summed E-state index contributed by atoms with van der Waals surface area (Å²) in [5.41, 5.74) is 8.37. The molecule has 0 saturated carbocycles. The van der Waals surface area contributed by atoms with Crippen molar-refractivity contribution >= 4 is 28.5 Å². The molecule has 6 heteroatoms. The van der Waals surface area contributed by atoms with Crippen LogP contribution in [0.3, 0.4) is 0 Å². The van der Waals surface area contributed by atoms with Gasteiger partial charge in [0.1, 0.15) is 0 Å². The number of hydrogen-bond donors (Lipinski definition) is 2. The molecule has 1 amide bonds. The number of likely N-dealkylation sites (tertiary alicyclic amines) is 1. The number of aliphatic carboxylic acids is 1. The van der Waals surface area contributed by atoms with Crippen LogP contribution in [0.5, 0.6) is 0 Å². The van der Waals surface area contributed by atoms with E-state index in [9.17, 15) is 9.59 Å². The number of nitrogens with zero attached hydrogens (tertiary/aromatic N) is 2. The van der Waals surface area contributed by atoms with Crippen molar-refractivity contribution in [1.82, 2.24) is 9.47 Å². The molecule has 0 aliphatic carbocycles. The molecule has 1 saturated heterocycles. The number of carbonyl (C=O) groups excluding carboxylic acids is 1. The van der Waals surface area contributed by atoms with Crippen LogP contribution in [0.4, 0.5) is 5.69 Å². The van der Waals surface area contributed by atoms with Gasteiger partial charge in [-0.1, -0.05) is 42.0 Å². The van der Waals surface area contributed by atoms with Crippen LogP contribution < -0.4 is 5.32 Å². The lowest BCUT2D eigenvalue weighted by Crippen LogP contribution is -2.49. The third-order valence-corrected chi connectivity index (χ3v) is 7.13. The molecular formula is C30H31N3O3. The van der Waals surface area contributed by atoms with Crippen molar-refractivity contribution in [2.24, 2.45) is 5.92 Å². The molecule has 2 heterocycles. The highest BCUT2D eigenvalue weighted by molar-refractivity contribution is 6.13. The molecule has 0 atom stereocenters. The van der Waals surface area contributed by atoms with Crippen LogP contribution >= 0.6 is 0 Å². The largest absolute Gasteiger partial charge is 0.481 e. The number of hydrogen-bond acceptors (Lipinski definition) is 3. The molecule has 1 aromatic heterocycles. The van der Waals surface area contributed by atoms with Gasteiger partial charge in [0.25, 0.3) is 5.91 Å². The van der Waals surface area contributed by atoms with Gasteiger partial charge in [-0.2, -0.15) is 0 Å². The maximum Gasteiger partial charge on any atom is 0.309 e. The van der Waals surface area contributed by atoms with E-state index in [0.717, 1.165) is 27.7 Å². The molecule has 184 valence electrons. The molecule has 4 aromatic rings. The first-order valence-electron chi connectivity index (χ1n) is 12.3. The van der Waals surface area contributed by atoms with Crippen LogP contribution in [0, 0.1) is 26.7 Å². The molecule has 1 aliphatic heterocycles. The molecule has 2 N–H and O–H groups in total. The number of carboxylic acid groups (broad SMARTS) is 1. The Morgan fingerprint density at radius 3 is 2.31 bits per heavy atom. The lowest BCUT2D eigenvalue weighted by atomic mass is 9.99.